The van der Waals surface area contributed by atoms with Crippen molar-refractivity contribution in [1.82, 2.24) is 0 Å². The number of hydrogen-bond donors (Lipinski definition) is 0. The summed E-state index contributed by atoms with van der Waals surface area (Å²) in [5, 5.41) is 0. The molecule has 0 N–H and O–H groups in total. The van der Waals surface area contributed by atoms with Crippen molar-refractivity contribution < 1.29 is 0 Å². The van der Waals surface area contributed by atoms with Crippen molar-refractivity contribution in [2.45, 2.75) is 73.6 Å². The predicted octanol–water partition coefficient (Wildman–Crippen LogP) is 5.28. The van der Waals surface area contributed by atoms with Gasteiger partial charge in [0.15, 0.2) is 0 Å². The minimum Gasteiger partial charge on any atom is -0.0651 e. The van der Waals surface area contributed by atoms with E-state index >= 15 is 0 Å². The summed E-state index contributed by atoms with van der Waals surface area (Å²) in [7, 11) is 0. The van der Waals surface area contributed by atoms with E-state index < -0.39 is 0 Å². The van der Waals surface area contributed by atoms with Crippen LogP contribution >= 0.6 is 0 Å². The van der Waals surface area contributed by atoms with E-state index in [9.17, 15) is 0 Å². The SMILES string of the molecule is CCC(C)C(C)CCC(C)(CC)CC. The zero-order valence-electron chi connectivity index (χ0n) is 11.2. The van der Waals surface area contributed by atoms with Crippen LogP contribution in [0.2, 0.25) is 0 Å². The van der Waals surface area contributed by atoms with E-state index in [4.69, 9.17) is 0 Å². The van der Waals surface area contributed by atoms with Crippen molar-refractivity contribution in [3.05, 3.63) is 0 Å². The van der Waals surface area contributed by atoms with E-state index in [-0.39, 0.29) is 0 Å². The molecule has 0 radical (unpaired) electrons. The van der Waals surface area contributed by atoms with Crippen LogP contribution in [0.15, 0.2) is 0 Å². The summed E-state index contributed by atoms with van der Waals surface area (Å²) >= 11 is 0. The van der Waals surface area contributed by atoms with Crippen molar-refractivity contribution in [2.24, 2.45) is 17.3 Å². The van der Waals surface area contributed by atoms with E-state index in [0.29, 0.717) is 5.41 Å². The average Bonchev–Trinajstić information content (AvgIpc) is 2.24. The molecule has 0 aromatic carbocycles. The van der Waals surface area contributed by atoms with Gasteiger partial charge in [-0.25, -0.2) is 0 Å². The molecule has 0 saturated carbocycles. The first-order chi connectivity index (χ1) is 6.49. The summed E-state index contributed by atoms with van der Waals surface area (Å²) in [6.45, 7) is 14.2. The zero-order valence-corrected chi connectivity index (χ0v) is 11.2. The molecular formula is C14H30. The van der Waals surface area contributed by atoms with Crippen molar-refractivity contribution >= 4 is 0 Å². The molecule has 0 fully saturated rings. The number of hydrogen-bond acceptors (Lipinski definition) is 0. The van der Waals surface area contributed by atoms with E-state index in [1.807, 2.05) is 0 Å². The average molecular weight is 198 g/mol. The Morgan fingerprint density at radius 1 is 0.929 bits per heavy atom. The predicted molar refractivity (Wildman–Crippen MR) is 66.5 cm³/mol. The maximum Gasteiger partial charge on any atom is -0.0331 e. The Labute approximate surface area is 91.5 Å². The van der Waals surface area contributed by atoms with Gasteiger partial charge in [0.25, 0.3) is 0 Å². The quantitative estimate of drug-likeness (QED) is 0.522. The summed E-state index contributed by atoms with van der Waals surface area (Å²) in [6.07, 6.45) is 6.81. The first kappa shape index (κ1) is 14.0. The van der Waals surface area contributed by atoms with Gasteiger partial charge in [-0.3, -0.25) is 0 Å². The van der Waals surface area contributed by atoms with Crippen molar-refractivity contribution in [1.29, 1.82) is 0 Å². The Balaban J connectivity index is 3.91. The van der Waals surface area contributed by atoms with Gasteiger partial charge in [-0.05, 0) is 30.1 Å². The molecule has 2 unspecified atom stereocenters. The molecule has 0 rings (SSSR count). The minimum absolute atomic E-state index is 0.599. The lowest BCUT2D eigenvalue weighted by molar-refractivity contribution is 0.226. The van der Waals surface area contributed by atoms with E-state index in [0.717, 1.165) is 11.8 Å². The molecule has 0 saturated heterocycles. The van der Waals surface area contributed by atoms with Crippen LogP contribution in [-0.4, -0.2) is 0 Å². The van der Waals surface area contributed by atoms with Crippen LogP contribution in [-0.2, 0) is 0 Å². The molecule has 0 aliphatic heterocycles. The molecule has 0 heterocycles. The fraction of sp³-hybridized carbons (Fsp3) is 1.00. The van der Waals surface area contributed by atoms with E-state index in [1.54, 1.807) is 0 Å². The van der Waals surface area contributed by atoms with Gasteiger partial charge in [-0.2, -0.15) is 0 Å². The third-order valence-electron chi connectivity index (χ3n) is 4.53. The fourth-order valence-corrected chi connectivity index (χ4v) is 1.87. The lowest BCUT2D eigenvalue weighted by atomic mass is 9.77. The maximum absolute atomic E-state index is 2.44. The Bertz CT molecular complexity index is 133. The van der Waals surface area contributed by atoms with Crippen LogP contribution in [0, 0.1) is 17.3 Å². The van der Waals surface area contributed by atoms with Gasteiger partial charge in [0.1, 0.15) is 0 Å². The highest BCUT2D eigenvalue weighted by atomic mass is 14.3. The first-order valence-corrected chi connectivity index (χ1v) is 6.49. The molecule has 0 aliphatic rings. The van der Waals surface area contributed by atoms with E-state index in [2.05, 4.69) is 41.5 Å². The molecular weight excluding hydrogens is 168 g/mol. The second-order valence-corrected chi connectivity index (χ2v) is 5.42. The largest absolute Gasteiger partial charge is 0.0651 e. The van der Waals surface area contributed by atoms with Crippen molar-refractivity contribution in [3.63, 3.8) is 0 Å². The maximum atomic E-state index is 2.44. The van der Waals surface area contributed by atoms with Crippen LogP contribution in [0.5, 0.6) is 0 Å². The normalized spacial score (nSPS) is 16.7. The molecule has 0 aromatic heterocycles. The summed E-state index contributed by atoms with van der Waals surface area (Å²) in [6, 6.07) is 0. The highest BCUT2D eigenvalue weighted by Gasteiger charge is 2.21. The summed E-state index contributed by atoms with van der Waals surface area (Å²) in [5.41, 5.74) is 0.599. The van der Waals surface area contributed by atoms with Gasteiger partial charge in [0.05, 0.1) is 0 Å². The lowest BCUT2D eigenvalue weighted by Gasteiger charge is -2.29. The molecule has 86 valence electrons. The van der Waals surface area contributed by atoms with Crippen LogP contribution in [0.4, 0.5) is 0 Å². The Morgan fingerprint density at radius 2 is 1.43 bits per heavy atom. The highest BCUT2D eigenvalue weighted by molar-refractivity contribution is 4.73. The van der Waals surface area contributed by atoms with Gasteiger partial charge < -0.3 is 0 Å². The zero-order chi connectivity index (χ0) is 11.2. The van der Waals surface area contributed by atoms with Crippen LogP contribution < -0.4 is 0 Å². The van der Waals surface area contributed by atoms with Gasteiger partial charge in [-0.1, -0.05) is 60.8 Å². The van der Waals surface area contributed by atoms with E-state index in [1.165, 1.54) is 32.1 Å². The van der Waals surface area contributed by atoms with Gasteiger partial charge >= 0.3 is 0 Å². The third-order valence-corrected chi connectivity index (χ3v) is 4.53. The molecule has 0 aromatic rings. The topological polar surface area (TPSA) is 0 Å². The second-order valence-electron chi connectivity index (χ2n) is 5.42. The smallest absolute Gasteiger partial charge is 0.0331 e. The number of rotatable bonds is 7. The fourth-order valence-electron chi connectivity index (χ4n) is 1.87. The Hall–Kier alpha value is 0. The summed E-state index contributed by atoms with van der Waals surface area (Å²) < 4.78 is 0. The first-order valence-electron chi connectivity index (χ1n) is 6.49. The molecule has 0 bridgehead atoms. The van der Waals surface area contributed by atoms with Crippen molar-refractivity contribution in [2.75, 3.05) is 0 Å². The Kier molecular flexibility index (Phi) is 6.48. The molecule has 0 amide bonds. The van der Waals surface area contributed by atoms with Crippen molar-refractivity contribution in [3.8, 4) is 0 Å². The lowest BCUT2D eigenvalue weighted by Crippen LogP contribution is -2.17. The van der Waals surface area contributed by atoms with Gasteiger partial charge in [-0.15, -0.1) is 0 Å². The monoisotopic (exact) mass is 198 g/mol. The third kappa shape index (κ3) is 4.48. The second kappa shape index (κ2) is 6.48. The highest BCUT2D eigenvalue weighted by Crippen LogP contribution is 2.34. The molecule has 2 atom stereocenters. The summed E-state index contributed by atoms with van der Waals surface area (Å²) in [5.74, 6) is 1.80. The van der Waals surface area contributed by atoms with Crippen LogP contribution in [0.25, 0.3) is 0 Å². The molecule has 0 heteroatoms. The van der Waals surface area contributed by atoms with Crippen LogP contribution in [0.3, 0.4) is 0 Å². The standard InChI is InChI=1S/C14H30/c1-7-12(4)13(5)10-11-14(6,8-2)9-3/h12-13H,7-11H2,1-6H3. The van der Waals surface area contributed by atoms with Gasteiger partial charge in [0.2, 0.25) is 0 Å². The molecule has 0 spiro atoms. The van der Waals surface area contributed by atoms with Crippen LogP contribution in [0.1, 0.15) is 73.6 Å². The molecule has 14 heavy (non-hydrogen) atoms. The molecule has 0 aliphatic carbocycles. The molecule has 0 nitrogen and oxygen atoms in total. The summed E-state index contributed by atoms with van der Waals surface area (Å²) in [4.78, 5) is 0. The minimum atomic E-state index is 0.599. The van der Waals surface area contributed by atoms with Gasteiger partial charge in [0, 0.05) is 0 Å². The Morgan fingerprint density at radius 3 is 1.79 bits per heavy atom.